The fraction of sp³-hybridized carbons (Fsp3) is 0.667. The quantitative estimate of drug-likeness (QED) is 0.867. The van der Waals surface area contributed by atoms with Crippen LogP contribution in [0.5, 0.6) is 5.88 Å². The largest absolute Gasteiger partial charge is 0.472 e. The van der Waals surface area contributed by atoms with Gasteiger partial charge in [0.2, 0.25) is 11.8 Å². The predicted molar refractivity (Wildman–Crippen MR) is 87.2 cm³/mol. The van der Waals surface area contributed by atoms with Gasteiger partial charge in [-0.1, -0.05) is 31.7 Å². The van der Waals surface area contributed by atoms with E-state index in [-0.39, 0.29) is 24.0 Å². The molecule has 1 aliphatic heterocycles. The summed E-state index contributed by atoms with van der Waals surface area (Å²) in [6, 6.07) is 5.52. The first-order valence-corrected chi connectivity index (χ1v) is 8.79. The molecule has 0 radical (unpaired) electrons. The van der Waals surface area contributed by atoms with Crippen molar-refractivity contribution in [3.8, 4) is 5.88 Å². The number of pyridine rings is 1. The van der Waals surface area contributed by atoms with Crippen molar-refractivity contribution >= 4 is 5.91 Å². The molecule has 0 spiro atoms. The maximum absolute atomic E-state index is 12.6. The molecule has 5 nitrogen and oxygen atoms in total. The number of aromatic nitrogens is 1. The zero-order valence-electron chi connectivity index (χ0n) is 13.6. The van der Waals surface area contributed by atoms with E-state index in [2.05, 4.69) is 10.3 Å². The van der Waals surface area contributed by atoms with Crippen molar-refractivity contribution in [2.24, 2.45) is 5.92 Å². The summed E-state index contributed by atoms with van der Waals surface area (Å²) >= 11 is 0. The van der Waals surface area contributed by atoms with Crippen LogP contribution in [0.1, 0.15) is 44.9 Å². The van der Waals surface area contributed by atoms with Crippen LogP contribution in [0.3, 0.4) is 0 Å². The molecule has 1 aromatic rings. The van der Waals surface area contributed by atoms with E-state index in [9.17, 15) is 4.79 Å². The molecule has 23 heavy (non-hydrogen) atoms. The minimum absolute atomic E-state index is 0.0756. The van der Waals surface area contributed by atoms with E-state index in [4.69, 9.17) is 9.47 Å². The third-order valence-electron chi connectivity index (χ3n) is 4.76. The van der Waals surface area contributed by atoms with Crippen molar-refractivity contribution in [3.63, 3.8) is 0 Å². The molecule has 1 saturated heterocycles. The summed E-state index contributed by atoms with van der Waals surface area (Å²) in [5.41, 5.74) is 0. The van der Waals surface area contributed by atoms with E-state index in [1.54, 1.807) is 6.20 Å². The van der Waals surface area contributed by atoms with Crippen LogP contribution in [0, 0.1) is 5.92 Å². The smallest absolute Gasteiger partial charge is 0.223 e. The number of rotatable bonds is 4. The first kappa shape index (κ1) is 16.2. The van der Waals surface area contributed by atoms with E-state index in [0.29, 0.717) is 19.1 Å². The van der Waals surface area contributed by atoms with E-state index < -0.39 is 0 Å². The Morgan fingerprint density at radius 3 is 2.74 bits per heavy atom. The minimum Gasteiger partial charge on any atom is -0.472 e. The van der Waals surface area contributed by atoms with Gasteiger partial charge < -0.3 is 14.8 Å². The molecule has 1 N–H and O–H groups in total. The number of carbonyl (C=O) groups is 1. The lowest BCUT2D eigenvalue weighted by molar-refractivity contribution is -0.128. The molecule has 2 aliphatic rings. The van der Waals surface area contributed by atoms with E-state index >= 15 is 0 Å². The van der Waals surface area contributed by atoms with Gasteiger partial charge in [-0.25, -0.2) is 4.98 Å². The topological polar surface area (TPSA) is 60.5 Å². The number of nitrogens with zero attached hydrogens (tertiary/aromatic N) is 1. The van der Waals surface area contributed by atoms with Crippen molar-refractivity contribution in [2.45, 2.75) is 57.1 Å². The molecule has 0 aromatic carbocycles. The monoisotopic (exact) mass is 318 g/mol. The molecule has 1 aliphatic carbocycles. The summed E-state index contributed by atoms with van der Waals surface area (Å²) in [4.78, 5) is 16.8. The summed E-state index contributed by atoms with van der Waals surface area (Å²) < 4.78 is 11.5. The molecule has 0 bridgehead atoms. The molecular weight excluding hydrogens is 292 g/mol. The van der Waals surface area contributed by atoms with Crippen molar-refractivity contribution in [1.82, 2.24) is 10.3 Å². The van der Waals surface area contributed by atoms with E-state index in [0.717, 1.165) is 32.1 Å². The number of ether oxygens (including phenoxy) is 2. The number of carbonyl (C=O) groups excluding carboxylic acids is 1. The lowest BCUT2D eigenvalue weighted by atomic mass is 9.98. The molecule has 2 heterocycles. The van der Waals surface area contributed by atoms with E-state index in [1.807, 2.05) is 18.2 Å². The fourth-order valence-electron chi connectivity index (χ4n) is 3.41. The van der Waals surface area contributed by atoms with Crippen LogP contribution in [-0.4, -0.2) is 36.3 Å². The lowest BCUT2D eigenvalue weighted by Crippen LogP contribution is -2.53. The number of hydrogen-bond acceptors (Lipinski definition) is 4. The number of nitrogens with one attached hydrogen (secondary N) is 1. The third-order valence-corrected chi connectivity index (χ3v) is 4.76. The zero-order valence-corrected chi connectivity index (χ0v) is 13.6. The van der Waals surface area contributed by atoms with Gasteiger partial charge in [0.15, 0.2) is 0 Å². The highest BCUT2D eigenvalue weighted by Gasteiger charge is 2.31. The molecule has 2 atom stereocenters. The van der Waals surface area contributed by atoms with Gasteiger partial charge >= 0.3 is 0 Å². The molecule has 3 rings (SSSR count). The Morgan fingerprint density at radius 1 is 1.17 bits per heavy atom. The Morgan fingerprint density at radius 2 is 2.00 bits per heavy atom. The Bertz CT molecular complexity index is 486. The van der Waals surface area contributed by atoms with Gasteiger partial charge in [0, 0.05) is 24.6 Å². The second kappa shape index (κ2) is 8.29. The average molecular weight is 318 g/mol. The number of hydrogen-bond donors (Lipinski definition) is 1. The van der Waals surface area contributed by atoms with Crippen LogP contribution < -0.4 is 10.1 Å². The summed E-state index contributed by atoms with van der Waals surface area (Å²) in [7, 11) is 0. The molecule has 126 valence electrons. The van der Waals surface area contributed by atoms with Crippen LogP contribution >= 0.6 is 0 Å². The molecule has 1 saturated carbocycles. The highest BCUT2D eigenvalue weighted by molar-refractivity contribution is 5.79. The standard InChI is InChI=1S/C18H26N2O3/c21-18(14-7-3-1-2-4-8-14)20-15-13-22-12-10-16(15)23-17-9-5-6-11-19-17/h5-6,9,11,14-16H,1-4,7-8,10,12-13H2,(H,20,21)/t15-,16-/m1/s1. The van der Waals surface area contributed by atoms with Crippen molar-refractivity contribution in [2.75, 3.05) is 13.2 Å². The zero-order chi connectivity index (χ0) is 15.9. The van der Waals surface area contributed by atoms with E-state index in [1.165, 1.54) is 12.8 Å². The average Bonchev–Trinajstić information content (AvgIpc) is 2.87. The van der Waals surface area contributed by atoms with Crippen LogP contribution in [-0.2, 0) is 9.53 Å². The molecule has 1 amide bonds. The molecule has 0 unspecified atom stereocenters. The van der Waals surface area contributed by atoms with Crippen LogP contribution in [0.4, 0.5) is 0 Å². The Balaban J connectivity index is 1.58. The molecular formula is C18H26N2O3. The molecule has 5 heteroatoms. The van der Waals surface area contributed by atoms with Gasteiger partial charge in [-0.3, -0.25) is 4.79 Å². The third kappa shape index (κ3) is 4.67. The minimum atomic E-state index is -0.0958. The lowest BCUT2D eigenvalue weighted by Gasteiger charge is -2.33. The first-order chi connectivity index (χ1) is 11.3. The Labute approximate surface area is 137 Å². The van der Waals surface area contributed by atoms with Crippen molar-refractivity contribution < 1.29 is 14.3 Å². The highest BCUT2D eigenvalue weighted by atomic mass is 16.5. The normalized spacial score (nSPS) is 26.3. The maximum atomic E-state index is 12.6. The first-order valence-electron chi connectivity index (χ1n) is 8.79. The van der Waals surface area contributed by atoms with Gasteiger partial charge in [-0.05, 0) is 18.9 Å². The van der Waals surface area contributed by atoms with Crippen molar-refractivity contribution in [3.05, 3.63) is 24.4 Å². The maximum Gasteiger partial charge on any atom is 0.223 e. The molecule has 1 aromatic heterocycles. The summed E-state index contributed by atoms with van der Waals surface area (Å²) in [5, 5.41) is 3.17. The Kier molecular flexibility index (Phi) is 5.86. The van der Waals surface area contributed by atoms with Crippen LogP contribution in [0.2, 0.25) is 0 Å². The SMILES string of the molecule is O=C(N[C@@H]1COCC[C@H]1Oc1ccccn1)C1CCCCCC1. The van der Waals surface area contributed by atoms with Crippen LogP contribution in [0.25, 0.3) is 0 Å². The van der Waals surface area contributed by atoms with Crippen LogP contribution in [0.15, 0.2) is 24.4 Å². The second-order valence-electron chi connectivity index (χ2n) is 6.49. The van der Waals surface area contributed by atoms with Gasteiger partial charge in [0.05, 0.1) is 19.3 Å². The van der Waals surface area contributed by atoms with Gasteiger partial charge in [-0.2, -0.15) is 0 Å². The van der Waals surface area contributed by atoms with Gasteiger partial charge in [-0.15, -0.1) is 0 Å². The van der Waals surface area contributed by atoms with Crippen molar-refractivity contribution in [1.29, 1.82) is 0 Å². The van der Waals surface area contributed by atoms with Gasteiger partial charge in [0.1, 0.15) is 6.10 Å². The second-order valence-corrected chi connectivity index (χ2v) is 6.49. The fourth-order valence-corrected chi connectivity index (χ4v) is 3.41. The predicted octanol–water partition coefficient (Wildman–Crippen LogP) is 2.70. The Hall–Kier alpha value is -1.62. The van der Waals surface area contributed by atoms with Gasteiger partial charge in [0.25, 0.3) is 0 Å². The summed E-state index contributed by atoms with van der Waals surface area (Å²) in [5.74, 6) is 0.917. The molecule has 2 fully saturated rings. The number of amides is 1. The highest BCUT2D eigenvalue weighted by Crippen LogP contribution is 2.24. The summed E-state index contributed by atoms with van der Waals surface area (Å²) in [6.07, 6.45) is 9.24. The summed E-state index contributed by atoms with van der Waals surface area (Å²) in [6.45, 7) is 1.17.